The molecule has 0 saturated carbocycles. The lowest BCUT2D eigenvalue weighted by atomic mass is 9.70. The Balaban J connectivity index is 0.979. The van der Waals surface area contributed by atoms with Gasteiger partial charge in [0.25, 0.3) is 0 Å². The summed E-state index contributed by atoms with van der Waals surface area (Å²) in [5.74, 6) is 0. The van der Waals surface area contributed by atoms with E-state index in [1.165, 1.54) is 117 Å². The zero-order valence-corrected chi connectivity index (χ0v) is 36.3. The third kappa shape index (κ3) is 4.90. The van der Waals surface area contributed by atoms with E-state index in [0.717, 1.165) is 10.4 Å². The van der Waals surface area contributed by atoms with Crippen LogP contribution in [0.15, 0.2) is 206 Å². The van der Waals surface area contributed by atoms with Crippen molar-refractivity contribution >= 4 is 40.0 Å². The fourth-order valence-corrected chi connectivity index (χ4v) is 12.0. The molecule has 13 rings (SSSR count). The maximum absolute atomic E-state index is 4.47. The van der Waals surface area contributed by atoms with Crippen molar-refractivity contribution in [3.63, 3.8) is 0 Å². The van der Waals surface area contributed by atoms with E-state index in [0.29, 0.717) is 0 Å². The number of para-hydroxylation sites is 1. The highest BCUT2D eigenvalue weighted by molar-refractivity contribution is 6.11. The van der Waals surface area contributed by atoms with E-state index in [1.807, 2.05) is 0 Å². The van der Waals surface area contributed by atoms with Gasteiger partial charge in [0.15, 0.2) is 0 Å². The van der Waals surface area contributed by atoms with Gasteiger partial charge >= 0.3 is 0 Å². The molecule has 64 heavy (non-hydrogen) atoms. The van der Waals surface area contributed by atoms with E-state index in [2.05, 4.69) is 238 Å². The third-order valence-electron chi connectivity index (χ3n) is 15.0. The average molecular weight is 816 g/mol. The Bertz CT molecular complexity index is 3730. The molecule has 0 fully saturated rings. The summed E-state index contributed by atoms with van der Waals surface area (Å²) in [6.45, 7) is 11.7. The summed E-state index contributed by atoms with van der Waals surface area (Å²) in [4.78, 5) is 0. The number of hydrogen-bond donors (Lipinski definition) is 0. The van der Waals surface area contributed by atoms with E-state index in [4.69, 9.17) is 0 Å². The topological polar surface area (TPSA) is 4.93 Å². The minimum Gasteiger partial charge on any atom is -0.309 e. The van der Waals surface area contributed by atoms with Crippen molar-refractivity contribution < 1.29 is 0 Å². The average Bonchev–Trinajstić information content (AvgIpc) is 3.99. The molecule has 0 radical (unpaired) electrons. The number of hydrogen-bond acceptors (Lipinski definition) is 0. The molecule has 1 spiro atoms. The van der Waals surface area contributed by atoms with E-state index in [9.17, 15) is 0 Å². The maximum atomic E-state index is 4.47. The molecule has 3 aliphatic rings. The molecule has 0 bridgehead atoms. The highest BCUT2D eigenvalue weighted by Gasteiger charge is 2.51. The molecule has 10 aromatic rings. The van der Waals surface area contributed by atoms with Crippen LogP contribution in [0.2, 0.25) is 0 Å². The van der Waals surface area contributed by atoms with Crippen molar-refractivity contribution in [2.45, 2.75) is 31.6 Å². The number of benzene rings is 9. The minimum atomic E-state index is -0.404. The summed E-state index contributed by atoms with van der Waals surface area (Å²) in [6, 6.07) is 74.6. The second-order valence-electron chi connectivity index (χ2n) is 18.5. The first-order chi connectivity index (χ1) is 31.3. The van der Waals surface area contributed by atoms with Crippen LogP contribution in [-0.2, 0) is 10.8 Å². The minimum absolute atomic E-state index is 0.230. The molecule has 0 N–H and O–H groups in total. The molecule has 1 nitrogen and oxygen atoms in total. The van der Waals surface area contributed by atoms with Crippen molar-refractivity contribution in [3.05, 3.63) is 250 Å². The van der Waals surface area contributed by atoms with Crippen molar-refractivity contribution in [2.75, 3.05) is 0 Å². The van der Waals surface area contributed by atoms with Gasteiger partial charge in [-0.2, -0.15) is 0 Å². The molecule has 302 valence electrons. The molecule has 3 aliphatic carbocycles. The Morgan fingerprint density at radius 3 is 1.81 bits per heavy atom. The fraction of sp³-hybridized carbons (Fsp3) is 0.0794. The van der Waals surface area contributed by atoms with E-state index >= 15 is 0 Å². The first kappa shape index (κ1) is 36.9. The highest BCUT2D eigenvalue weighted by Crippen LogP contribution is 2.63. The summed E-state index contributed by atoms with van der Waals surface area (Å²) in [6.07, 6.45) is 2.41. The van der Waals surface area contributed by atoms with Gasteiger partial charge in [0, 0.05) is 21.9 Å². The van der Waals surface area contributed by atoms with Gasteiger partial charge in [0.1, 0.15) is 0 Å². The summed E-state index contributed by atoms with van der Waals surface area (Å²) < 4.78 is 2.46. The van der Waals surface area contributed by atoms with Crippen LogP contribution in [0.5, 0.6) is 0 Å². The smallest absolute Gasteiger partial charge is 0.0685 e. The van der Waals surface area contributed by atoms with Crippen LogP contribution in [0.1, 0.15) is 54.2 Å². The molecule has 1 heterocycles. The Kier molecular flexibility index (Phi) is 7.71. The molecule has 1 aromatic heterocycles. The number of fused-ring (bicyclic) bond motifs is 13. The second-order valence-corrected chi connectivity index (χ2v) is 18.5. The zero-order chi connectivity index (χ0) is 42.9. The van der Waals surface area contributed by atoms with Crippen LogP contribution in [0.25, 0.3) is 90.2 Å². The predicted octanol–water partition coefficient (Wildman–Crippen LogP) is 14.4. The van der Waals surface area contributed by atoms with Crippen molar-refractivity contribution in [2.24, 2.45) is 0 Å². The molecule has 0 saturated heterocycles. The van der Waals surface area contributed by atoms with E-state index in [-0.39, 0.29) is 5.41 Å². The Labute approximate surface area is 374 Å². The van der Waals surface area contributed by atoms with Gasteiger partial charge < -0.3 is 4.57 Å². The van der Waals surface area contributed by atoms with Gasteiger partial charge in [-0.3, -0.25) is 0 Å². The van der Waals surface area contributed by atoms with Crippen LogP contribution in [0.4, 0.5) is 0 Å². The number of rotatable bonds is 4. The molecule has 0 aliphatic heterocycles. The molecule has 9 aromatic carbocycles. The lowest BCUT2D eigenvalue weighted by molar-refractivity contribution is 0.660. The van der Waals surface area contributed by atoms with Gasteiger partial charge in [0.2, 0.25) is 0 Å². The molecular weight excluding hydrogens is 771 g/mol. The SMILES string of the molecule is C=c1cccc/c1=C/C1=C(C)C2(c3ccccc3-c3ccccc32)c2cccc(-c3ccc4c(c3)C(C)(C)c3cc(-n5c6ccccc6c6cc(-c7ccccc7)ccc65)ccc3-4)c21. The van der Waals surface area contributed by atoms with Gasteiger partial charge in [-0.1, -0.05) is 184 Å². The van der Waals surface area contributed by atoms with E-state index in [1.54, 1.807) is 0 Å². The van der Waals surface area contributed by atoms with Crippen LogP contribution < -0.4 is 10.4 Å². The first-order valence-electron chi connectivity index (χ1n) is 22.5. The van der Waals surface area contributed by atoms with Crippen molar-refractivity contribution in [3.8, 4) is 50.2 Å². The summed E-state index contributed by atoms with van der Waals surface area (Å²) in [7, 11) is 0. The van der Waals surface area contributed by atoms with Gasteiger partial charge in [0.05, 0.1) is 16.4 Å². The number of nitrogens with zero attached hydrogens (tertiary/aromatic N) is 1. The van der Waals surface area contributed by atoms with Gasteiger partial charge in [-0.25, -0.2) is 0 Å². The van der Waals surface area contributed by atoms with Gasteiger partial charge in [-0.15, -0.1) is 0 Å². The molecular formula is C63H45N. The van der Waals surface area contributed by atoms with Crippen molar-refractivity contribution in [1.29, 1.82) is 0 Å². The Morgan fingerprint density at radius 2 is 1.03 bits per heavy atom. The monoisotopic (exact) mass is 815 g/mol. The highest BCUT2D eigenvalue weighted by atomic mass is 15.0. The third-order valence-corrected chi connectivity index (χ3v) is 15.0. The molecule has 0 unspecified atom stereocenters. The van der Waals surface area contributed by atoms with Crippen molar-refractivity contribution in [1.82, 2.24) is 4.57 Å². The summed E-state index contributed by atoms with van der Waals surface area (Å²) in [5.41, 5.74) is 24.0. The Hall–Kier alpha value is -7.74. The number of allylic oxidation sites excluding steroid dienone is 2. The van der Waals surface area contributed by atoms with E-state index < -0.39 is 5.41 Å². The Morgan fingerprint density at radius 1 is 0.438 bits per heavy atom. The van der Waals surface area contributed by atoms with Crippen LogP contribution in [0, 0.1) is 0 Å². The summed E-state index contributed by atoms with van der Waals surface area (Å²) in [5, 5.41) is 4.72. The standard InChI is InChI=1S/C63H45N/c1-39-17-8-9-20-42(39)35-52-40(2)63(54-25-13-10-21-47(54)48-22-11-14-26-55(48)63)56-27-16-24-46(61(52)56)44-29-32-49-50-33-31-45(38-58(50)62(3,4)57(49)37-44)64-59-28-15-12-23-51(59)53-36-43(30-34-60(53)64)41-18-6-5-7-19-41/h5-38H,1H2,2-4H3/b42-35-. The quantitative estimate of drug-likeness (QED) is 0.167. The first-order valence-corrected chi connectivity index (χ1v) is 22.5. The summed E-state index contributed by atoms with van der Waals surface area (Å²) >= 11 is 0. The molecule has 1 heteroatoms. The second kappa shape index (κ2) is 13.4. The lowest BCUT2D eigenvalue weighted by Crippen LogP contribution is -2.26. The molecule has 0 amide bonds. The maximum Gasteiger partial charge on any atom is 0.0685 e. The van der Waals surface area contributed by atoms with Crippen LogP contribution in [-0.4, -0.2) is 4.57 Å². The van der Waals surface area contributed by atoms with Gasteiger partial charge in [-0.05, 0) is 149 Å². The van der Waals surface area contributed by atoms with Crippen LogP contribution >= 0.6 is 0 Å². The fourth-order valence-electron chi connectivity index (χ4n) is 12.0. The predicted molar refractivity (Wildman–Crippen MR) is 269 cm³/mol. The normalized spacial score (nSPS) is 15.1. The zero-order valence-electron chi connectivity index (χ0n) is 36.3. The van der Waals surface area contributed by atoms with Crippen LogP contribution in [0.3, 0.4) is 0 Å². The molecule has 0 atom stereocenters. The largest absolute Gasteiger partial charge is 0.309 e. The number of aromatic nitrogens is 1. The lowest BCUT2D eigenvalue weighted by Gasteiger charge is -2.31.